The number of halogens is 2. The lowest BCUT2D eigenvalue weighted by molar-refractivity contribution is 0.299. The summed E-state index contributed by atoms with van der Waals surface area (Å²) in [5.74, 6) is 0. The van der Waals surface area contributed by atoms with Gasteiger partial charge in [0.05, 0.1) is 11.4 Å². The van der Waals surface area contributed by atoms with E-state index in [1.807, 2.05) is 36.7 Å². The van der Waals surface area contributed by atoms with Crippen molar-refractivity contribution in [2.45, 2.75) is 20.3 Å². The second kappa shape index (κ2) is 5.43. The minimum atomic E-state index is 0.111. The highest BCUT2D eigenvalue weighted by molar-refractivity contribution is 9.10. The van der Waals surface area contributed by atoms with Gasteiger partial charge in [-0.05, 0) is 47.5 Å². The van der Waals surface area contributed by atoms with E-state index in [2.05, 4.69) is 21.0 Å². The summed E-state index contributed by atoms with van der Waals surface area (Å²) in [6.45, 7) is 4.06. The van der Waals surface area contributed by atoms with Crippen molar-refractivity contribution in [2.24, 2.45) is 0 Å². The van der Waals surface area contributed by atoms with Crippen LogP contribution >= 0.6 is 27.5 Å². The third-order valence-electron chi connectivity index (χ3n) is 2.88. The molecule has 0 bridgehead atoms. The molecule has 18 heavy (non-hydrogen) atoms. The molecule has 0 spiro atoms. The Morgan fingerprint density at radius 2 is 2.11 bits per heavy atom. The molecule has 0 atom stereocenters. The SMILES string of the molecule is Cc1ccc(Cl)cc1-n1nc(C)c(CCO)c1Br. The highest BCUT2D eigenvalue weighted by Crippen LogP contribution is 2.27. The van der Waals surface area contributed by atoms with E-state index in [1.165, 1.54) is 0 Å². The first-order chi connectivity index (χ1) is 8.54. The maximum Gasteiger partial charge on any atom is 0.113 e. The monoisotopic (exact) mass is 328 g/mol. The van der Waals surface area contributed by atoms with Gasteiger partial charge in [-0.3, -0.25) is 0 Å². The number of nitrogens with zero attached hydrogens (tertiary/aromatic N) is 2. The molecule has 0 saturated carbocycles. The molecule has 0 aliphatic heterocycles. The number of aliphatic hydroxyl groups excluding tert-OH is 1. The molecule has 1 aromatic carbocycles. The number of hydrogen-bond donors (Lipinski definition) is 1. The van der Waals surface area contributed by atoms with Crippen LogP contribution in [-0.2, 0) is 6.42 Å². The summed E-state index contributed by atoms with van der Waals surface area (Å²) < 4.78 is 2.70. The summed E-state index contributed by atoms with van der Waals surface area (Å²) in [4.78, 5) is 0. The van der Waals surface area contributed by atoms with Crippen molar-refractivity contribution in [2.75, 3.05) is 6.61 Å². The maximum absolute atomic E-state index is 9.07. The van der Waals surface area contributed by atoms with E-state index in [9.17, 15) is 0 Å². The van der Waals surface area contributed by atoms with Gasteiger partial charge >= 0.3 is 0 Å². The third kappa shape index (κ3) is 2.46. The molecule has 3 nitrogen and oxygen atoms in total. The Hall–Kier alpha value is -0.840. The molecule has 0 aliphatic rings. The molecular weight excluding hydrogens is 316 g/mol. The fraction of sp³-hybridized carbons (Fsp3) is 0.308. The van der Waals surface area contributed by atoms with Gasteiger partial charge in [0.2, 0.25) is 0 Å². The first-order valence-electron chi connectivity index (χ1n) is 5.66. The molecule has 2 aromatic rings. The Balaban J connectivity index is 2.57. The Labute approximate surface area is 120 Å². The molecule has 0 unspecified atom stereocenters. The third-order valence-corrected chi connectivity index (χ3v) is 3.93. The van der Waals surface area contributed by atoms with Gasteiger partial charge in [0.25, 0.3) is 0 Å². The van der Waals surface area contributed by atoms with Gasteiger partial charge in [-0.1, -0.05) is 17.7 Å². The fourth-order valence-electron chi connectivity index (χ4n) is 1.90. The first-order valence-corrected chi connectivity index (χ1v) is 6.83. The summed E-state index contributed by atoms with van der Waals surface area (Å²) in [5, 5.41) is 14.2. The van der Waals surface area contributed by atoms with Gasteiger partial charge in [0.1, 0.15) is 4.60 Å². The fourth-order valence-corrected chi connectivity index (χ4v) is 2.82. The molecule has 1 heterocycles. The van der Waals surface area contributed by atoms with Gasteiger partial charge in [-0.2, -0.15) is 5.10 Å². The van der Waals surface area contributed by atoms with Crippen LogP contribution in [0.25, 0.3) is 5.69 Å². The van der Waals surface area contributed by atoms with Crippen molar-refractivity contribution >= 4 is 27.5 Å². The molecule has 96 valence electrons. The van der Waals surface area contributed by atoms with Crippen LogP contribution in [0.2, 0.25) is 5.02 Å². The second-order valence-corrected chi connectivity index (χ2v) is 5.36. The molecule has 0 saturated heterocycles. The number of hydrogen-bond acceptors (Lipinski definition) is 2. The number of rotatable bonds is 3. The predicted molar refractivity (Wildman–Crippen MR) is 76.5 cm³/mol. The molecule has 5 heteroatoms. The highest BCUT2D eigenvalue weighted by atomic mass is 79.9. The summed E-state index contributed by atoms with van der Waals surface area (Å²) >= 11 is 9.58. The number of aromatic nitrogens is 2. The van der Waals surface area contributed by atoms with Crippen molar-refractivity contribution in [1.82, 2.24) is 9.78 Å². The zero-order valence-electron chi connectivity index (χ0n) is 10.2. The average Bonchev–Trinajstić information content (AvgIpc) is 2.61. The molecule has 1 aromatic heterocycles. The van der Waals surface area contributed by atoms with Crippen LogP contribution in [0, 0.1) is 13.8 Å². The van der Waals surface area contributed by atoms with Gasteiger partial charge in [-0.15, -0.1) is 0 Å². The normalized spacial score (nSPS) is 10.9. The van der Waals surface area contributed by atoms with E-state index in [0.717, 1.165) is 27.1 Å². The summed E-state index contributed by atoms with van der Waals surface area (Å²) in [6, 6.07) is 5.71. The second-order valence-electron chi connectivity index (χ2n) is 4.17. The molecule has 0 radical (unpaired) electrons. The summed E-state index contributed by atoms with van der Waals surface area (Å²) in [5.41, 5.74) is 3.98. The van der Waals surface area contributed by atoms with Crippen LogP contribution in [0.15, 0.2) is 22.8 Å². The van der Waals surface area contributed by atoms with Gasteiger partial charge in [0, 0.05) is 23.6 Å². The van der Waals surface area contributed by atoms with Crippen molar-refractivity contribution in [3.63, 3.8) is 0 Å². The van der Waals surface area contributed by atoms with Crippen LogP contribution in [0.4, 0.5) is 0 Å². The molecule has 0 fully saturated rings. The van der Waals surface area contributed by atoms with Gasteiger partial charge in [0.15, 0.2) is 0 Å². The van der Waals surface area contributed by atoms with Crippen molar-refractivity contribution in [3.8, 4) is 5.69 Å². The van der Waals surface area contributed by atoms with Gasteiger partial charge < -0.3 is 5.11 Å². The first kappa shape index (κ1) is 13.6. The molecule has 0 aliphatic carbocycles. The average molecular weight is 330 g/mol. The lowest BCUT2D eigenvalue weighted by Crippen LogP contribution is -2.00. The summed E-state index contributed by atoms with van der Waals surface area (Å²) in [6.07, 6.45) is 0.589. The van der Waals surface area contributed by atoms with Gasteiger partial charge in [-0.25, -0.2) is 4.68 Å². The quantitative estimate of drug-likeness (QED) is 0.936. The van der Waals surface area contributed by atoms with E-state index < -0.39 is 0 Å². The highest BCUT2D eigenvalue weighted by Gasteiger charge is 2.15. The zero-order chi connectivity index (χ0) is 13.3. The van der Waals surface area contributed by atoms with E-state index >= 15 is 0 Å². The van der Waals surface area contributed by atoms with E-state index in [-0.39, 0.29) is 6.61 Å². The standard InChI is InChI=1S/C13H14BrClN2O/c1-8-3-4-10(15)7-12(8)17-13(14)11(5-6-18)9(2)16-17/h3-4,7,18H,5-6H2,1-2H3. The van der Waals surface area contributed by atoms with Crippen LogP contribution in [0.5, 0.6) is 0 Å². The molecular formula is C13H14BrClN2O. The predicted octanol–water partition coefficient (Wildman–Crippen LogP) is 3.44. The summed E-state index contributed by atoms with van der Waals surface area (Å²) in [7, 11) is 0. The van der Waals surface area contributed by atoms with E-state index in [4.69, 9.17) is 16.7 Å². The smallest absolute Gasteiger partial charge is 0.113 e. The Bertz CT molecular complexity index is 581. The molecule has 0 amide bonds. The lowest BCUT2D eigenvalue weighted by atomic mass is 10.2. The van der Waals surface area contributed by atoms with Crippen molar-refractivity contribution in [3.05, 3.63) is 44.6 Å². The van der Waals surface area contributed by atoms with E-state index in [1.54, 1.807) is 0 Å². The minimum Gasteiger partial charge on any atom is -0.396 e. The number of aliphatic hydroxyl groups is 1. The van der Waals surface area contributed by atoms with Crippen LogP contribution in [0.1, 0.15) is 16.8 Å². The Kier molecular flexibility index (Phi) is 4.10. The number of benzene rings is 1. The van der Waals surface area contributed by atoms with E-state index in [0.29, 0.717) is 11.4 Å². The zero-order valence-corrected chi connectivity index (χ0v) is 12.6. The minimum absolute atomic E-state index is 0.111. The maximum atomic E-state index is 9.07. The molecule has 2 rings (SSSR count). The van der Waals surface area contributed by atoms with Crippen LogP contribution in [0.3, 0.4) is 0 Å². The lowest BCUT2D eigenvalue weighted by Gasteiger charge is -2.08. The number of aryl methyl sites for hydroxylation is 2. The van der Waals surface area contributed by atoms with Crippen LogP contribution in [-0.4, -0.2) is 21.5 Å². The van der Waals surface area contributed by atoms with Crippen LogP contribution < -0.4 is 0 Å². The largest absolute Gasteiger partial charge is 0.396 e. The Morgan fingerprint density at radius 3 is 2.78 bits per heavy atom. The van der Waals surface area contributed by atoms with Crippen molar-refractivity contribution < 1.29 is 5.11 Å². The van der Waals surface area contributed by atoms with Crippen molar-refractivity contribution in [1.29, 1.82) is 0 Å². The molecule has 1 N–H and O–H groups in total. The topological polar surface area (TPSA) is 38.0 Å². The Morgan fingerprint density at radius 1 is 1.39 bits per heavy atom.